The summed E-state index contributed by atoms with van der Waals surface area (Å²) in [6, 6.07) is 24.0. The first-order chi connectivity index (χ1) is 13.8. The Hall–Kier alpha value is -3.43. The highest BCUT2D eigenvalue weighted by atomic mass is 32.2. The molecule has 0 aliphatic rings. The maximum absolute atomic E-state index is 9.10. The summed E-state index contributed by atoms with van der Waals surface area (Å²) in [5, 5.41) is 18.8. The van der Waals surface area contributed by atoms with Gasteiger partial charge in [-0.3, -0.25) is 9.55 Å². The van der Waals surface area contributed by atoms with E-state index in [1.54, 1.807) is 24.2 Å². The van der Waals surface area contributed by atoms with Gasteiger partial charge in [-0.05, 0) is 35.4 Å². The first kappa shape index (κ1) is 18.0. The fourth-order valence-corrected chi connectivity index (χ4v) is 3.77. The van der Waals surface area contributed by atoms with Gasteiger partial charge >= 0.3 is 0 Å². The zero-order chi connectivity index (χ0) is 19.2. The van der Waals surface area contributed by atoms with Crippen molar-refractivity contribution in [1.82, 2.24) is 19.7 Å². The number of thioether (sulfide) groups is 1. The van der Waals surface area contributed by atoms with Gasteiger partial charge in [-0.1, -0.05) is 54.2 Å². The van der Waals surface area contributed by atoms with Crippen molar-refractivity contribution >= 4 is 11.8 Å². The molecule has 0 saturated heterocycles. The second-order valence-electron chi connectivity index (χ2n) is 6.22. The van der Waals surface area contributed by atoms with Gasteiger partial charge in [0.15, 0.2) is 11.0 Å². The third kappa shape index (κ3) is 4.11. The Bertz CT molecular complexity index is 1100. The fraction of sp³-hybridized carbons (Fsp3) is 0.0909. The lowest BCUT2D eigenvalue weighted by molar-refractivity contribution is 0.714. The van der Waals surface area contributed by atoms with E-state index >= 15 is 0 Å². The number of nitriles is 1. The monoisotopic (exact) mass is 383 g/mol. The average molecular weight is 383 g/mol. The van der Waals surface area contributed by atoms with Crippen LogP contribution in [0.1, 0.15) is 16.7 Å². The summed E-state index contributed by atoms with van der Waals surface area (Å²) in [6.07, 6.45) is 3.55. The van der Waals surface area contributed by atoms with Crippen LogP contribution in [0.4, 0.5) is 0 Å². The minimum Gasteiger partial charge on any atom is -0.297 e. The van der Waals surface area contributed by atoms with Crippen molar-refractivity contribution in [2.24, 2.45) is 0 Å². The Morgan fingerprint density at radius 1 is 0.929 bits per heavy atom. The van der Waals surface area contributed by atoms with Crippen molar-refractivity contribution in [3.8, 4) is 17.5 Å². The van der Waals surface area contributed by atoms with Gasteiger partial charge in [0.25, 0.3) is 0 Å². The highest BCUT2D eigenvalue weighted by molar-refractivity contribution is 7.98. The molecular weight excluding hydrogens is 366 g/mol. The fourth-order valence-electron chi connectivity index (χ4n) is 2.89. The molecule has 0 aliphatic carbocycles. The summed E-state index contributed by atoms with van der Waals surface area (Å²) in [4.78, 5) is 4.21. The van der Waals surface area contributed by atoms with Gasteiger partial charge in [0, 0.05) is 23.7 Å². The SMILES string of the molecule is N#Cc1cccc(CSc2nnc(-c3cccnc3)n2Cc2ccccc2)c1. The molecule has 136 valence electrons. The molecule has 0 aliphatic heterocycles. The van der Waals surface area contributed by atoms with Crippen LogP contribution in [-0.4, -0.2) is 19.7 Å². The molecule has 2 aromatic carbocycles. The minimum atomic E-state index is 0.667. The standard InChI is InChI=1S/C22H17N5S/c23-13-18-8-4-9-19(12-18)16-28-22-26-25-21(20-10-5-11-24-14-20)27(22)15-17-6-2-1-3-7-17/h1-12,14H,15-16H2. The molecule has 0 N–H and O–H groups in total. The van der Waals surface area contributed by atoms with E-state index in [9.17, 15) is 0 Å². The highest BCUT2D eigenvalue weighted by Crippen LogP contribution is 2.27. The topological polar surface area (TPSA) is 67.4 Å². The third-order valence-electron chi connectivity index (χ3n) is 4.24. The number of hydrogen-bond acceptors (Lipinski definition) is 5. The number of rotatable bonds is 6. The second kappa shape index (κ2) is 8.51. The Morgan fingerprint density at radius 2 is 1.79 bits per heavy atom. The number of pyridine rings is 1. The average Bonchev–Trinajstić information content (AvgIpc) is 3.16. The Kier molecular flexibility index (Phi) is 5.46. The summed E-state index contributed by atoms with van der Waals surface area (Å²) < 4.78 is 2.12. The summed E-state index contributed by atoms with van der Waals surface area (Å²) in [6.45, 7) is 0.679. The molecule has 0 atom stereocenters. The maximum atomic E-state index is 9.10. The predicted molar refractivity (Wildman–Crippen MR) is 110 cm³/mol. The molecule has 0 unspecified atom stereocenters. The van der Waals surface area contributed by atoms with Gasteiger partial charge in [-0.15, -0.1) is 10.2 Å². The summed E-state index contributed by atoms with van der Waals surface area (Å²) in [7, 11) is 0. The van der Waals surface area contributed by atoms with Crippen LogP contribution in [0.2, 0.25) is 0 Å². The zero-order valence-corrected chi connectivity index (χ0v) is 15.9. The minimum absolute atomic E-state index is 0.667. The predicted octanol–water partition coefficient (Wildman–Crippen LogP) is 4.55. The van der Waals surface area contributed by atoms with Crippen LogP contribution in [0.3, 0.4) is 0 Å². The maximum Gasteiger partial charge on any atom is 0.192 e. The van der Waals surface area contributed by atoms with E-state index in [-0.39, 0.29) is 0 Å². The highest BCUT2D eigenvalue weighted by Gasteiger charge is 2.15. The molecule has 0 amide bonds. The van der Waals surface area contributed by atoms with Crippen LogP contribution in [-0.2, 0) is 12.3 Å². The molecule has 0 bridgehead atoms. The molecule has 0 spiro atoms. The summed E-state index contributed by atoms with van der Waals surface area (Å²) >= 11 is 1.61. The lowest BCUT2D eigenvalue weighted by Crippen LogP contribution is -2.04. The number of nitrogens with zero attached hydrogens (tertiary/aromatic N) is 5. The van der Waals surface area contributed by atoms with Gasteiger partial charge < -0.3 is 0 Å². The van der Waals surface area contributed by atoms with Crippen molar-refractivity contribution in [1.29, 1.82) is 5.26 Å². The van der Waals surface area contributed by atoms with Crippen LogP contribution in [0.5, 0.6) is 0 Å². The normalized spacial score (nSPS) is 10.5. The van der Waals surface area contributed by atoms with Crippen LogP contribution < -0.4 is 0 Å². The molecule has 4 aromatic rings. The second-order valence-corrected chi connectivity index (χ2v) is 7.16. The molecular formula is C22H17N5S. The lowest BCUT2D eigenvalue weighted by Gasteiger charge is -2.10. The van der Waals surface area contributed by atoms with Crippen molar-refractivity contribution in [2.45, 2.75) is 17.5 Å². The van der Waals surface area contributed by atoms with E-state index in [0.717, 1.165) is 27.9 Å². The largest absolute Gasteiger partial charge is 0.297 e. The van der Waals surface area contributed by atoms with Crippen LogP contribution in [0, 0.1) is 11.3 Å². The van der Waals surface area contributed by atoms with Gasteiger partial charge in [-0.2, -0.15) is 5.26 Å². The zero-order valence-electron chi connectivity index (χ0n) is 15.1. The van der Waals surface area contributed by atoms with Crippen molar-refractivity contribution < 1.29 is 0 Å². The molecule has 4 rings (SSSR count). The first-order valence-electron chi connectivity index (χ1n) is 8.83. The smallest absolute Gasteiger partial charge is 0.192 e. The van der Waals surface area contributed by atoms with E-state index in [0.29, 0.717) is 12.1 Å². The quantitative estimate of drug-likeness (QED) is 0.457. The van der Waals surface area contributed by atoms with Gasteiger partial charge in [0.1, 0.15) is 0 Å². The molecule has 28 heavy (non-hydrogen) atoms. The molecule has 0 saturated carbocycles. The van der Waals surface area contributed by atoms with E-state index in [4.69, 9.17) is 5.26 Å². The molecule has 0 radical (unpaired) electrons. The molecule has 2 aromatic heterocycles. The Balaban J connectivity index is 1.64. The molecule has 2 heterocycles. The van der Waals surface area contributed by atoms with Crippen LogP contribution >= 0.6 is 11.8 Å². The van der Waals surface area contributed by atoms with Crippen molar-refractivity contribution in [3.63, 3.8) is 0 Å². The van der Waals surface area contributed by atoms with E-state index < -0.39 is 0 Å². The number of aromatic nitrogens is 4. The van der Waals surface area contributed by atoms with Crippen LogP contribution in [0.15, 0.2) is 84.3 Å². The van der Waals surface area contributed by atoms with Crippen LogP contribution in [0.25, 0.3) is 11.4 Å². The number of benzene rings is 2. The van der Waals surface area contributed by atoms with Gasteiger partial charge in [-0.25, -0.2) is 0 Å². The molecule has 5 nitrogen and oxygen atoms in total. The van der Waals surface area contributed by atoms with Crippen molar-refractivity contribution in [3.05, 3.63) is 95.8 Å². The summed E-state index contributed by atoms with van der Waals surface area (Å²) in [5.74, 6) is 1.51. The van der Waals surface area contributed by atoms with E-state index in [1.165, 1.54) is 5.56 Å². The van der Waals surface area contributed by atoms with Crippen molar-refractivity contribution in [2.75, 3.05) is 0 Å². The number of hydrogen-bond donors (Lipinski definition) is 0. The van der Waals surface area contributed by atoms with E-state index in [2.05, 4.69) is 38.0 Å². The first-order valence-corrected chi connectivity index (χ1v) is 9.81. The third-order valence-corrected chi connectivity index (χ3v) is 5.28. The molecule has 0 fully saturated rings. The Labute approximate surface area is 167 Å². The Morgan fingerprint density at radius 3 is 2.57 bits per heavy atom. The lowest BCUT2D eigenvalue weighted by atomic mass is 10.2. The van der Waals surface area contributed by atoms with Gasteiger partial charge in [0.2, 0.25) is 0 Å². The van der Waals surface area contributed by atoms with E-state index in [1.807, 2.05) is 54.6 Å². The molecule has 6 heteroatoms. The summed E-state index contributed by atoms with van der Waals surface area (Å²) in [5.41, 5.74) is 3.87. The van der Waals surface area contributed by atoms with Gasteiger partial charge in [0.05, 0.1) is 18.2 Å².